The predicted molar refractivity (Wildman–Crippen MR) is 73.7 cm³/mol. The minimum atomic E-state index is 0.483. The van der Waals surface area contributed by atoms with Crippen molar-refractivity contribution in [2.24, 2.45) is 0 Å². The van der Waals surface area contributed by atoms with E-state index >= 15 is 0 Å². The molecule has 1 aromatic heterocycles. The molecule has 0 radical (unpaired) electrons. The van der Waals surface area contributed by atoms with Crippen LogP contribution in [0.2, 0.25) is 0 Å². The lowest BCUT2D eigenvalue weighted by Crippen LogP contribution is -2.24. The maximum absolute atomic E-state index is 5.07. The second kappa shape index (κ2) is 7.44. The first-order valence-electron chi connectivity index (χ1n) is 6.60. The van der Waals surface area contributed by atoms with Crippen molar-refractivity contribution < 1.29 is 4.74 Å². The number of hydrogen-bond acceptors (Lipinski definition) is 4. The zero-order chi connectivity index (χ0) is 13.5. The maximum atomic E-state index is 5.07. The number of rotatable bonds is 7. The molecule has 0 aliphatic rings. The molecule has 0 aromatic carbocycles. The summed E-state index contributed by atoms with van der Waals surface area (Å²) in [6, 6.07) is 0.549. The number of hydrogen-bond donors (Lipinski definition) is 1. The summed E-state index contributed by atoms with van der Waals surface area (Å²) in [7, 11) is 1.67. The third kappa shape index (κ3) is 4.70. The molecule has 1 rings (SSSR count). The summed E-state index contributed by atoms with van der Waals surface area (Å²) in [6.45, 7) is 9.96. The van der Waals surface area contributed by atoms with Gasteiger partial charge in [-0.1, -0.05) is 13.8 Å². The van der Waals surface area contributed by atoms with Crippen LogP contribution in [0.25, 0.3) is 0 Å². The van der Waals surface area contributed by atoms with Crippen LogP contribution in [0.3, 0.4) is 0 Å². The molecule has 1 heterocycles. The Bertz CT molecular complexity index is 354. The molecule has 1 N–H and O–H groups in total. The average Bonchev–Trinajstić information content (AvgIpc) is 2.27. The van der Waals surface area contributed by atoms with E-state index in [2.05, 4.69) is 43.0 Å². The van der Waals surface area contributed by atoms with Crippen molar-refractivity contribution in [1.82, 2.24) is 15.3 Å². The van der Waals surface area contributed by atoms with Gasteiger partial charge in [-0.2, -0.15) is 0 Å². The van der Waals surface area contributed by atoms with Crippen LogP contribution in [0.15, 0.2) is 0 Å². The lowest BCUT2D eigenvalue weighted by atomic mass is 10.1. The van der Waals surface area contributed by atoms with Crippen molar-refractivity contribution in [3.63, 3.8) is 0 Å². The van der Waals surface area contributed by atoms with Gasteiger partial charge in [-0.3, -0.25) is 0 Å². The summed E-state index contributed by atoms with van der Waals surface area (Å²) in [5.41, 5.74) is 3.44. The van der Waals surface area contributed by atoms with Crippen LogP contribution in [-0.2, 0) is 17.8 Å². The van der Waals surface area contributed by atoms with Crippen LogP contribution in [0, 0.1) is 13.8 Å². The molecule has 1 aromatic rings. The largest absolute Gasteiger partial charge is 0.377 e. The van der Waals surface area contributed by atoms with E-state index < -0.39 is 0 Å². The quantitative estimate of drug-likeness (QED) is 0.754. The minimum absolute atomic E-state index is 0.483. The zero-order valence-electron chi connectivity index (χ0n) is 12.2. The Labute approximate surface area is 110 Å². The highest BCUT2D eigenvalue weighted by atomic mass is 16.5. The molecule has 0 bridgehead atoms. The van der Waals surface area contributed by atoms with E-state index in [0.29, 0.717) is 12.6 Å². The van der Waals surface area contributed by atoms with Crippen molar-refractivity contribution in [2.75, 3.05) is 13.7 Å². The van der Waals surface area contributed by atoms with Gasteiger partial charge in [-0.15, -0.1) is 0 Å². The van der Waals surface area contributed by atoms with Gasteiger partial charge in [0.2, 0.25) is 0 Å². The SMILES string of the molecule is COCc1nc(C)c(CCCNC(C)C)c(C)n1. The highest BCUT2D eigenvalue weighted by Crippen LogP contribution is 2.12. The van der Waals surface area contributed by atoms with Crippen molar-refractivity contribution in [3.05, 3.63) is 22.8 Å². The lowest BCUT2D eigenvalue weighted by molar-refractivity contribution is 0.177. The van der Waals surface area contributed by atoms with Crippen LogP contribution in [0.4, 0.5) is 0 Å². The normalized spacial score (nSPS) is 11.2. The molecular weight excluding hydrogens is 226 g/mol. The van der Waals surface area contributed by atoms with Gasteiger partial charge in [0.15, 0.2) is 5.82 Å². The van der Waals surface area contributed by atoms with Gasteiger partial charge < -0.3 is 10.1 Å². The highest BCUT2D eigenvalue weighted by Gasteiger charge is 2.08. The van der Waals surface area contributed by atoms with Crippen molar-refractivity contribution in [3.8, 4) is 0 Å². The molecule has 0 unspecified atom stereocenters. The third-order valence-electron chi connectivity index (χ3n) is 2.90. The standard InChI is InChI=1S/C14H25N3O/c1-10(2)15-8-6-7-13-11(3)16-14(9-18-5)17-12(13)4/h10,15H,6-9H2,1-5H3. The van der Waals surface area contributed by atoms with E-state index in [-0.39, 0.29) is 0 Å². The number of aryl methyl sites for hydroxylation is 2. The lowest BCUT2D eigenvalue weighted by Gasteiger charge is -2.12. The monoisotopic (exact) mass is 251 g/mol. The van der Waals surface area contributed by atoms with Crippen LogP contribution >= 0.6 is 0 Å². The van der Waals surface area contributed by atoms with Crippen LogP contribution in [0.5, 0.6) is 0 Å². The number of nitrogens with one attached hydrogen (secondary N) is 1. The molecule has 0 amide bonds. The summed E-state index contributed by atoms with van der Waals surface area (Å²) in [4.78, 5) is 8.96. The summed E-state index contributed by atoms with van der Waals surface area (Å²) in [5, 5.41) is 3.43. The molecule has 0 saturated heterocycles. The molecular formula is C14H25N3O. The number of ether oxygens (including phenoxy) is 1. The Hall–Kier alpha value is -1.00. The van der Waals surface area contributed by atoms with Crippen molar-refractivity contribution in [2.45, 2.75) is 53.2 Å². The summed E-state index contributed by atoms with van der Waals surface area (Å²) in [6.07, 6.45) is 2.15. The summed E-state index contributed by atoms with van der Waals surface area (Å²) in [5.74, 6) is 0.775. The zero-order valence-corrected chi connectivity index (χ0v) is 12.2. The number of aromatic nitrogens is 2. The van der Waals surface area contributed by atoms with E-state index in [4.69, 9.17) is 4.74 Å². The van der Waals surface area contributed by atoms with Gasteiger partial charge in [0.25, 0.3) is 0 Å². The second-order valence-electron chi connectivity index (χ2n) is 4.93. The Kier molecular flexibility index (Phi) is 6.22. The first-order chi connectivity index (χ1) is 8.54. The Morgan fingerprint density at radius 2 is 1.78 bits per heavy atom. The fourth-order valence-electron chi connectivity index (χ4n) is 2.02. The third-order valence-corrected chi connectivity index (χ3v) is 2.90. The molecule has 0 aliphatic carbocycles. The highest BCUT2D eigenvalue weighted by molar-refractivity contribution is 5.24. The topological polar surface area (TPSA) is 47.0 Å². The molecule has 102 valence electrons. The Morgan fingerprint density at radius 3 is 2.28 bits per heavy atom. The number of methoxy groups -OCH3 is 1. The van der Waals surface area contributed by atoms with Gasteiger partial charge >= 0.3 is 0 Å². The van der Waals surface area contributed by atoms with Gasteiger partial charge in [0, 0.05) is 24.5 Å². The predicted octanol–water partition coefficient (Wildman–Crippen LogP) is 2.17. The molecule has 4 nitrogen and oxygen atoms in total. The van der Waals surface area contributed by atoms with E-state index in [9.17, 15) is 0 Å². The molecule has 0 fully saturated rings. The van der Waals surface area contributed by atoms with E-state index in [1.807, 2.05) is 0 Å². The first kappa shape index (κ1) is 15.1. The van der Waals surface area contributed by atoms with E-state index in [1.165, 1.54) is 5.56 Å². The minimum Gasteiger partial charge on any atom is -0.377 e. The summed E-state index contributed by atoms with van der Waals surface area (Å²) < 4.78 is 5.07. The van der Waals surface area contributed by atoms with Gasteiger partial charge in [0.05, 0.1) is 0 Å². The van der Waals surface area contributed by atoms with E-state index in [0.717, 1.165) is 36.6 Å². The molecule has 0 saturated carbocycles. The van der Waals surface area contributed by atoms with Crippen LogP contribution in [0.1, 0.15) is 43.0 Å². The fourth-order valence-corrected chi connectivity index (χ4v) is 2.02. The molecule has 0 atom stereocenters. The molecule has 0 aliphatic heterocycles. The smallest absolute Gasteiger partial charge is 0.154 e. The Balaban J connectivity index is 2.60. The summed E-state index contributed by atoms with van der Waals surface area (Å²) >= 11 is 0. The van der Waals surface area contributed by atoms with Crippen LogP contribution in [-0.4, -0.2) is 29.7 Å². The van der Waals surface area contributed by atoms with Gasteiger partial charge in [-0.05, 0) is 38.8 Å². The molecule has 0 spiro atoms. The Morgan fingerprint density at radius 1 is 1.17 bits per heavy atom. The average molecular weight is 251 g/mol. The number of nitrogens with zero attached hydrogens (tertiary/aromatic N) is 2. The fraction of sp³-hybridized carbons (Fsp3) is 0.714. The van der Waals surface area contributed by atoms with Crippen LogP contribution < -0.4 is 5.32 Å². The second-order valence-corrected chi connectivity index (χ2v) is 4.93. The van der Waals surface area contributed by atoms with Crippen molar-refractivity contribution >= 4 is 0 Å². The maximum Gasteiger partial charge on any atom is 0.154 e. The van der Waals surface area contributed by atoms with Gasteiger partial charge in [-0.25, -0.2) is 9.97 Å². The van der Waals surface area contributed by atoms with Gasteiger partial charge in [0.1, 0.15) is 6.61 Å². The molecule has 4 heteroatoms. The first-order valence-corrected chi connectivity index (χ1v) is 6.60. The van der Waals surface area contributed by atoms with Crippen molar-refractivity contribution in [1.29, 1.82) is 0 Å². The molecule has 18 heavy (non-hydrogen) atoms. The van der Waals surface area contributed by atoms with E-state index in [1.54, 1.807) is 7.11 Å².